The Kier molecular flexibility index (Phi) is 3.66. The molecule has 0 spiro atoms. The molecule has 1 aromatic rings. The van der Waals surface area contributed by atoms with Crippen molar-refractivity contribution in [2.24, 2.45) is 5.92 Å². The number of sulfonamides is 1. The molecule has 2 rings (SSSR count). The molecule has 1 aliphatic carbocycles. The Hall–Kier alpha value is -1.42. The monoisotopic (exact) mass is 266 g/mol. The molecule has 1 aromatic carbocycles. The lowest BCUT2D eigenvalue weighted by Crippen LogP contribution is -2.33. The molecule has 0 saturated heterocycles. The minimum Gasteiger partial charge on any atom is -0.391 e. The molecule has 6 heteroatoms. The van der Waals surface area contributed by atoms with Gasteiger partial charge in [0, 0.05) is 6.54 Å². The first-order chi connectivity index (χ1) is 8.54. The molecule has 0 bridgehead atoms. The quantitative estimate of drug-likeness (QED) is 0.817. The molecule has 2 N–H and O–H groups in total. The van der Waals surface area contributed by atoms with E-state index in [9.17, 15) is 13.5 Å². The van der Waals surface area contributed by atoms with Crippen LogP contribution in [-0.4, -0.2) is 26.2 Å². The number of nitriles is 1. The molecular formula is C12H14N2O3S. The summed E-state index contributed by atoms with van der Waals surface area (Å²) in [6, 6.07) is 7.84. The van der Waals surface area contributed by atoms with Crippen molar-refractivity contribution >= 4 is 10.0 Å². The molecule has 18 heavy (non-hydrogen) atoms. The van der Waals surface area contributed by atoms with Gasteiger partial charge in [-0.3, -0.25) is 0 Å². The van der Waals surface area contributed by atoms with Gasteiger partial charge in [0.05, 0.1) is 16.6 Å². The third-order valence-electron chi connectivity index (χ3n) is 2.95. The molecular weight excluding hydrogens is 252 g/mol. The van der Waals surface area contributed by atoms with Crippen molar-refractivity contribution in [3.05, 3.63) is 29.8 Å². The molecule has 0 aliphatic heterocycles. The first kappa shape index (κ1) is 13.0. The number of rotatable bonds is 5. The number of nitrogens with zero attached hydrogens (tertiary/aromatic N) is 1. The van der Waals surface area contributed by atoms with Crippen LogP contribution >= 0.6 is 0 Å². The molecule has 1 saturated carbocycles. The Morgan fingerprint density at radius 1 is 1.44 bits per heavy atom. The number of hydrogen-bond donors (Lipinski definition) is 2. The van der Waals surface area contributed by atoms with Gasteiger partial charge in [0.2, 0.25) is 10.0 Å². The van der Waals surface area contributed by atoms with Crippen LogP contribution in [0.15, 0.2) is 29.2 Å². The summed E-state index contributed by atoms with van der Waals surface area (Å²) in [6.45, 7) is -0.00718. The van der Waals surface area contributed by atoms with Crippen molar-refractivity contribution in [3.63, 3.8) is 0 Å². The highest BCUT2D eigenvalue weighted by Crippen LogP contribution is 2.32. The van der Waals surface area contributed by atoms with E-state index in [1.54, 1.807) is 12.1 Å². The Morgan fingerprint density at radius 3 is 2.72 bits per heavy atom. The fourth-order valence-electron chi connectivity index (χ4n) is 1.71. The van der Waals surface area contributed by atoms with E-state index in [1.165, 1.54) is 12.1 Å². The lowest BCUT2D eigenvalue weighted by Gasteiger charge is -2.11. The Balaban J connectivity index is 2.12. The maximum atomic E-state index is 12.0. The maximum Gasteiger partial charge on any atom is 0.241 e. The third-order valence-corrected chi connectivity index (χ3v) is 4.43. The van der Waals surface area contributed by atoms with E-state index in [2.05, 4.69) is 4.72 Å². The first-order valence-corrected chi connectivity index (χ1v) is 7.20. The van der Waals surface area contributed by atoms with Crippen molar-refractivity contribution < 1.29 is 13.5 Å². The zero-order valence-corrected chi connectivity index (χ0v) is 10.5. The summed E-state index contributed by atoms with van der Waals surface area (Å²) in [5, 5.41) is 18.5. The molecule has 96 valence electrons. The van der Waals surface area contributed by atoms with E-state index in [0.29, 0.717) is 0 Å². The van der Waals surface area contributed by atoms with Gasteiger partial charge in [-0.2, -0.15) is 5.26 Å². The van der Waals surface area contributed by atoms with Gasteiger partial charge in [-0.05, 0) is 30.9 Å². The first-order valence-electron chi connectivity index (χ1n) is 5.71. The van der Waals surface area contributed by atoms with E-state index >= 15 is 0 Å². The van der Waals surface area contributed by atoms with E-state index in [-0.39, 0.29) is 22.9 Å². The van der Waals surface area contributed by atoms with Crippen LogP contribution in [0.4, 0.5) is 0 Å². The molecule has 1 aliphatic rings. The highest BCUT2D eigenvalue weighted by Gasteiger charge is 2.30. The highest BCUT2D eigenvalue weighted by molar-refractivity contribution is 7.89. The second-order valence-corrected chi connectivity index (χ2v) is 6.10. The lowest BCUT2D eigenvalue weighted by atomic mass is 10.2. The van der Waals surface area contributed by atoms with Crippen LogP contribution in [-0.2, 0) is 10.0 Å². The predicted octanol–water partition coefficient (Wildman–Crippen LogP) is 0.607. The second kappa shape index (κ2) is 5.06. The zero-order chi connectivity index (χ0) is 13.2. The van der Waals surface area contributed by atoms with Gasteiger partial charge in [0.1, 0.15) is 6.07 Å². The summed E-state index contributed by atoms with van der Waals surface area (Å²) in [5.74, 6) is 0.207. The van der Waals surface area contributed by atoms with E-state index in [4.69, 9.17) is 5.26 Å². The van der Waals surface area contributed by atoms with Gasteiger partial charge >= 0.3 is 0 Å². The van der Waals surface area contributed by atoms with Crippen LogP contribution in [0.1, 0.15) is 18.4 Å². The van der Waals surface area contributed by atoms with E-state index in [1.807, 2.05) is 6.07 Å². The molecule has 0 amide bonds. The Bertz CT molecular complexity index is 573. The van der Waals surface area contributed by atoms with Gasteiger partial charge in [0.25, 0.3) is 0 Å². The average molecular weight is 266 g/mol. The second-order valence-electron chi connectivity index (χ2n) is 4.36. The smallest absolute Gasteiger partial charge is 0.241 e. The summed E-state index contributed by atoms with van der Waals surface area (Å²) >= 11 is 0. The summed E-state index contributed by atoms with van der Waals surface area (Å²) in [4.78, 5) is -0.0458. The number of aliphatic hydroxyl groups excluding tert-OH is 1. The topological polar surface area (TPSA) is 90.2 Å². The third kappa shape index (κ3) is 2.88. The molecule has 1 atom stereocenters. The largest absolute Gasteiger partial charge is 0.391 e. The van der Waals surface area contributed by atoms with Crippen LogP contribution < -0.4 is 4.72 Å². The molecule has 0 radical (unpaired) electrons. The Labute approximate surface area is 106 Å². The zero-order valence-electron chi connectivity index (χ0n) is 9.70. The lowest BCUT2D eigenvalue weighted by molar-refractivity contribution is 0.155. The Morgan fingerprint density at radius 2 is 2.11 bits per heavy atom. The molecule has 1 unspecified atom stereocenters. The summed E-state index contributed by atoms with van der Waals surface area (Å²) < 4.78 is 26.3. The fraction of sp³-hybridized carbons (Fsp3) is 0.417. The number of aliphatic hydroxyl groups is 1. The van der Waals surface area contributed by atoms with Gasteiger partial charge < -0.3 is 5.11 Å². The maximum absolute atomic E-state index is 12.0. The van der Waals surface area contributed by atoms with E-state index < -0.39 is 16.1 Å². The van der Waals surface area contributed by atoms with E-state index in [0.717, 1.165) is 12.8 Å². The minimum absolute atomic E-state index is 0.00718. The van der Waals surface area contributed by atoms with Crippen LogP contribution in [0.2, 0.25) is 0 Å². The number of benzene rings is 1. The molecule has 5 nitrogen and oxygen atoms in total. The van der Waals surface area contributed by atoms with Gasteiger partial charge in [-0.15, -0.1) is 0 Å². The van der Waals surface area contributed by atoms with Crippen LogP contribution in [0.3, 0.4) is 0 Å². The number of nitrogens with one attached hydrogen (secondary N) is 1. The standard InChI is InChI=1S/C12H14N2O3S/c13-7-10-3-1-2-4-12(10)18(16,17)14-8-11(15)9-5-6-9/h1-4,9,11,14-15H,5-6,8H2. The minimum atomic E-state index is -3.74. The summed E-state index contributed by atoms with van der Waals surface area (Å²) in [7, 11) is -3.74. The van der Waals surface area contributed by atoms with Crippen molar-refractivity contribution in [1.29, 1.82) is 5.26 Å². The number of hydrogen-bond acceptors (Lipinski definition) is 4. The van der Waals surface area contributed by atoms with Crippen molar-refractivity contribution in [1.82, 2.24) is 4.72 Å². The molecule has 0 heterocycles. The van der Waals surface area contributed by atoms with Crippen molar-refractivity contribution in [2.45, 2.75) is 23.8 Å². The predicted molar refractivity (Wildman–Crippen MR) is 65.1 cm³/mol. The highest BCUT2D eigenvalue weighted by atomic mass is 32.2. The van der Waals surface area contributed by atoms with Crippen molar-refractivity contribution in [2.75, 3.05) is 6.54 Å². The molecule has 0 aromatic heterocycles. The van der Waals surface area contributed by atoms with Crippen LogP contribution in [0.5, 0.6) is 0 Å². The average Bonchev–Trinajstić information content (AvgIpc) is 3.20. The van der Waals surface area contributed by atoms with Gasteiger partial charge in [-0.25, -0.2) is 13.1 Å². The molecule has 1 fully saturated rings. The summed E-state index contributed by atoms with van der Waals surface area (Å²) in [5.41, 5.74) is 0.103. The fourth-order valence-corrected chi connectivity index (χ4v) is 2.92. The van der Waals surface area contributed by atoms with Crippen LogP contribution in [0.25, 0.3) is 0 Å². The van der Waals surface area contributed by atoms with Gasteiger partial charge in [-0.1, -0.05) is 12.1 Å². The SMILES string of the molecule is N#Cc1ccccc1S(=O)(=O)NCC(O)C1CC1. The summed E-state index contributed by atoms with van der Waals surface area (Å²) in [6.07, 6.45) is 1.24. The van der Waals surface area contributed by atoms with Crippen LogP contribution in [0, 0.1) is 17.2 Å². The van der Waals surface area contributed by atoms with Crippen molar-refractivity contribution in [3.8, 4) is 6.07 Å². The van der Waals surface area contributed by atoms with Gasteiger partial charge in [0.15, 0.2) is 0 Å². The normalized spacial score (nSPS) is 17.1.